The molecule has 5 N–H and O–H groups in total. The van der Waals surface area contributed by atoms with Crippen molar-refractivity contribution in [3.05, 3.63) is 35.3 Å². The lowest BCUT2D eigenvalue weighted by molar-refractivity contribution is 0.0779. The summed E-state index contributed by atoms with van der Waals surface area (Å²) in [7, 11) is -3.74. The molecule has 0 unspecified atom stereocenters. The molecule has 1 saturated carbocycles. The molecule has 0 atom stereocenters. The molecule has 0 aliphatic heterocycles. The maximum absolute atomic E-state index is 12.1. The van der Waals surface area contributed by atoms with Gasteiger partial charge in [0, 0.05) is 28.9 Å². The third-order valence-electron chi connectivity index (χ3n) is 3.89. The van der Waals surface area contributed by atoms with Crippen LogP contribution in [0.1, 0.15) is 49.6 Å². The number of furan rings is 1. The summed E-state index contributed by atoms with van der Waals surface area (Å²) in [5.41, 5.74) is 0.712. The van der Waals surface area contributed by atoms with Gasteiger partial charge in [0.15, 0.2) is 0 Å². The number of aromatic nitrogens is 2. The maximum Gasteiger partial charge on any atom is 0.340 e. The molecule has 0 saturated heterocycles. The van der Waals surface area contributed by atoms with Crippen LogP contribution < -0.4 is 10.0 Å². The molecule has 2 aromatic heterocycles. The largest absolute Gasteiger partial charge is 0.447 e. The molecule has 2 aromatic rings. The van der Waals surface area contributed by atoms with Crippen LogP contribution in [0.4, 0.5) is 10.7 Å². The monoisotopic (exact) mass is 382 g/mol. The zero-order valence-corrected chi connectivity index (χ0v) is 15.5. The van der Waals surface area contributed by atoms with E-state index in [-0.39, 0.29) is 11.0 Å². The standard InChI is InChI=1S/C16H22N4O5S/c1-9-6-12(10-4-5-10)18-14(17-9)19-15(21)20-26(23,24)13-7-11(8-25-13)16(2,3)22/h6-8,10,22-24H,4-5H2,1-3H3,(H2,17,18,19,20,21). The summed E-state index contributed by atoms with van der Waals surface area (Å²) in [4.78, 5) is 20.5. The molecule has 1 aliphatic carbocycles. The first-order chi connectivity index (χ1) is 12.0. The fourth-order valence-corrected chi connectivity index (χ4v) is 3.21. The van der Waals surface area contributed by atoms with E-state index in [2.05, 4.69) is 20.0 Å². The quantitative estimate of drug-likeness (QED) is 0.534. The first-order valence-electron chi connectivity index (χ1n) is 8.08. The zero-order valence-electron chi connectivity index (χ0n) is 14.7. The summed E-state index contributed by atoms with van der Waals surface area (Å²) in [6.45, 7) is 4.85. The molecule has 0 aromatic carbocycles. The van der Waals surface area contributed by atoms with Crippen LogP contribution >= 0.6 is 10.8 Å². The molecule has 3 rings (SSSR count). The SMILES string of the molecule is Cc1cc(C2CC2)nc(NC(=O)NS(O)(O)c2cc(C(C)(C)O)co2)n1. The van der Waals surface area contributed by atoms with Gasteiger partial charge in [-0.15, -0.1) is 0 Å². The fraction of sp³-hybridized carbons (Fsp3) is 0.438. The van der Waals surface area contributed by atoms with Crippen molar-refractivity contribution in [1.29, 1.82) is 0 Å². The minimum Gasteiger partial charge on any atom is -0.447 e. The highest BCUT2D eigenvalue weighted by Gasteiger charge is 2.28. The number of anilines is 1. The van der Waals surface area contributed by atoms with Crippen LogP contribution in [-0.4, -0.2) is 30.2 Å². The number of urea groups is 1. The van der Waals surface area contributed by atoms with Crippen molar-refractivity contribution in [1.82, 2.24) is 14.7 Å². The number of carbonyl (C=O) groups is 1. The van der Waals surface area contributed by atoms with Crippen LogP contribution in [0.3, 0.4) is 0 Å². The van der Waals surface area contributed by atoms with Crippen LogP contribution in [0.15, 0.2) is 27.9 Å². The number of rotatable bonds is 5. The third-order valence-corrected chi connectivity index (χ3v) is 5.14. The van der Waals surface area contributed by atoms with Gasteiger partial charge in [0.1, 0.15) is 0 Å². The topological polar surface area (TPSA) is 141 Å². The van der Waals surface area contributed by atoms with E-state index >= 15 is 0 Å². The third kappa shape index (κ3) is 4.33. The van der Waals surface area contributed by atoms with Crippen molar-refractivity contribution in [3.8, 4) is 0 Å². The molecule has 0 bridgehead atoms. The minimum absolute atomic E-state index is 0.0937. The van der Waals surface area contributed by atoms with Gasteiger partial charge in [-0.25, -0.2) is 19.5 Å². The Labute approximate surface area is 152 Å². The van der Waals surface area contributed by atoms with E-state index in [1.807, 2.05) is 6.07 Å². The van der Waals surface area contributed by atoms with Gasteiger partial charge in [0.2, 0.25) is 11.0 Å². The van der Waals surface area contributed by atoms with Crippen molar-refractivity contribution in [3.63, 3.8) is 0 Å². The van der Waals surface area contributed by atoms with Crippen LogP contribution in [0, 0.1) is 6.92 Å². The van der Waals surface area contributed by atoms with Crippen molar-refractivity contribution in [2.45, 2.75) is 50.2 Å². The Balaban J connectivity index is 1.70. The first kappa shape index (κ1) is 18.6. The number of nitrogens with one attached hydrogen (secondary N) is 2. The Morgan fingerprint density at radius 2 is 2.00 bits per heavy atom. The summed E-state index contributed by atoms with van der Waals surface area (Å²) in [6, 6.07) is 2.28. The van der Waals surface area contributed by atoms with Gasteiger partial charge in [0.25, 0.3) is 0 Å². The Hall–Kier alpha value is -2.14. The highest BCUT2D eigenvalue weighted by molar-refractivity contribution is 8.23. The van der Waals surface area contributed by atoms with Gasteiger partial charge < -0.3 is 9.52 Å². The summed E-state index contributed by atoms with van der Waals surface area (Å²) in [5, 5.41) is 12.1. The number of nitrogens with zero attached hydrogens (tertiary/aromatic N) is 2. The molecular weight excluding hydrogens is 360 g/mol. The molecule has 0 radical (unpaired) electrons. The average Bonchev–Trinajstić information content (AvgIpc) is 3.20. The number of carbonyl (C=O) groups excluding carboxylic acids is 1. The summed E-state index contributed by atoms with van der Waals surface area (Å²) in [6.07, 6.45) is 3.32. The second kappa shape index (κ2) is 6.54. The van der Waals surface area contributed by atoms with Gasteiger partial charge in [-0.05, 0) is 39.7 Å². The zero-order chi connectivity index (χ0) is 19.1. The molecule has 0 spiro atoms. The van der Waals surface area contributed by atoms with Gasteiger partial charge in [-0.2, -0.15) is 0 Å². The number of aryl methyl sites for hydroxylation is 1. The number of aliphatic hydroxyl groups is 1. The fourth-order valence-electron chi connectivity index (χ4n) is 2.33. The van der Waals surface area contributed by atoms with Gasteiger partial charge in [0.05, 0.1) is 11.9 Å². The van der Waals surface area contributed by atoms with E-state index in [1.165, 1.54) is 26.2 Å². The second-order valence-electron chi connectivity index (χ2n) is 6.85. The molecule has 2 heterocycles. The Bertz CT molecular complexity index is 826. The highest BCUT2D eigenvalue weighted by Crippen LogP contribution is 2.46. The molecule has 10 heteroatoms. The highest BCUT2D eigenvalue weighted by atomic mass is 32.3. The Kier molecular flexibility index (Phi) is 4.69. The minimum atomic E-state index is -3.74. The molecule has 1 aliphatic rings. The predicted octanol–water partition coefficient (Wildman–Crippen LogP) is 3.33. The van der Waals surface area contributed by atoms with E-state index in [9.17, 15) is 19.0 Å². The number of hydrogen-bond donors (Lipinski definition) is 5. The number of hydrogen-bond acceptors (Lipinski definition) is 7. The maximum atomic E-state index is 12.1. The number of amides is 2. The van der Waals surface area contributed by atoms with Crippen molar-refractivity contribution in [2.24, 2.45) is 0 Å². The van der Waals surface area contributed by atoms with E-state index < -0.39 is 22.4 Å². The van der Waals surface area contributed by atoms with E-state index in [4.69, 9.17) is 4.42 Å². The Morgan fingerprint density at radius 1 is 1.31 bits per heavy atom. The summed E-state index contributed by atoms with van der Waals surface area (Å²) in [5.74, 6) is 0.486. The van der Waals surface area contributed by atoms with Crippen LogP contribution in [0.25, 0.3) is 0 Å². The van der Waals surface area contributed by atoms with Crippen molar-refractivity contribution in [2.75, 3.05) is 5.32 Å². The molecule has 26 heavy (non-hydrogen) atoms. The van der Waals surface area contributed by atoms with Gasteiger partial charge in [-0.3, -0.25) is 14.4 Å². The lowest BCUT2D eigenvalue weighted by Gasteiger charge is -2.29. The van der Waals surface area contributed by atoms with E-state index in [1.54, 1.807) is 6.92 Å². The smallest absolute Gasteiger partial charge is 0.340 e. The normalized spacial score (nSPS) is 15.6. The first-order valence-corrected chi connectivity index (χ1v) is 9.63. The van der Waals surface area contributed by atoms with Gasteiger partial charge >= 0.3 is 6.03 Å². The molecule has 1 fully saturated rings. The molecule has 9 nitrogen and oxygen atoms in total. The van der Waals surface area contributed by atoms with Crippen LogP contribution in [0.5, 0.6) is 0 Å². The van der Waals surface area contributed by atoms with Gasteiger partial charge in [-0.1, -0.05) is 10.8 Å². The lowest BCUT2D eigenvalue weighted by Crippen LogP contribution is -2.32. The molecular formula is C16H22N4O5S. The van der Waals surface area contributed by atoms with Crippen LogP contribution in [0.2, 0.25) is 0 Å². The van der Waals surface area contributed by atoms with E-state index in [0.717, 1.165) is 18.5 Å². The predicted molar refractivity (Wildman–Crippen MR) is 96.0 cm³/mol. The van der Waals surface area contributed by atoms with E-state index in [0.29, 0.717) is 17.2 Å². The van der Waals surface area contributed by atoms with Crippen molar-refractivity contribution < 1.29 is 23.4 Å². The van der Waals surface area contributed by atoms with Crippen LogP contribution in [-0.2, 0) is 5.60 Å². The Morgan fingerprint density at radius 3 is 2.58 bits per heavy atom. The van der Waals surface area contributed by atoms with Crippen molar-refractivity contribution >= 4 is 22.8 Å². The second-order valence-corrected chi connectivity index (χ2v) is 8.55. The summed E-state index contributed by atoms with van der Waals surface area (Å²) < 4.78 is 27.5. The summed E-state index contributed by atoms with van der Waals surface area (Å²) >= 11 is 0. The molecule has 142 valence electrons. The molecule has 2 amide bonds. The lowest BCUT2D eigenvalue weighted by atomic mass is 10.0. The average molecular weight is 382 g/mol.